The van der Waals surface area contributed by atoms with Crippen LogP contribution in [0.2, 0.25) is 0 Å². The third-order valence-corrected chi connectivity index (χ3v) is 5.36. The highest BCUT2D eigenvalue weighted by molar-refractivity contribution is 9.10. The third kappa shape index (κ3) is 3.33. The monoisotopic (exact) mass is 413 g/mol. The Morgan fingerprint density at radius 3 is 2.54 bits per heavy atom. The summed E-state index contributed by atoms with van der Waals surface area (Å²) in [6, 6.07) is 11.8. The van der Waals surface area contributed by atoms with Crippen LogP contribution in [0.3, 0.4) is 0 Å². The Morgan fingerprint density at radius 1 is 1.08 bits per heavy atom. The maximum Gasteiger partial charge on any atom is 0.166 e. The number of rotatable bonds is 3. The number of nitrogens with zero attached hydrogens (tertiary/aromatic N) is 3. The van der Waals surface area contributed by atoms with Gasteiger partial charge in [-0.25, -0.2) is 14.4 Å². The molecule has 1 aromatic heterocycles. The van der Waals surface area contributed by atoms with Crippen molar-refractivity contribution in [3.8, 4) is 0 Å². The number of Topliss-reactive ketones (excluding diaryl/α,β-unsaturated/α-hetero) is 1. The molecule has 0 saturated carbocycles. The van der Waals surface area contributed by atoms with Crippen molar-refractivity contribution in [2.75, 3.05) is 18.0 Å². The largest absolute Gasteiger partial charge is 0.356 e. The van der Waals surface area contributed by atoms with E-state index in [1.54, 1.807) is 18.5 Å². The van der Waals surface area contributed by atoms with E-state index < -0.39 is 0 Å². The van der Waals surface area contributed by atoms with Gasteiger partial charge in [0.05, 0.1) is 5.52 Å². The van der Waals surface area contributed by atoms with Crippen molar-refractivity contribution in [2.24, 2.45) is 5.92 Å². The van der Waals surface area contributed by atoms with Crippen molar-refractivity contribution in [1.82, 2.24) is 9.97 Å². The van der Waals surface area contributed by atoms with Gasteiger partial charge in [-0.2, -0.15) is 0 Å². The molecule has 132 valence electrons. The summed E-state index contributed by atoms with van der Waals surface area (Å²) in [5.74, 6) is 0.652. The molecule has 0 atom stereocenters. The van der Waals surface area contributed by atoms with Crippen LogP contribution in [0.4, 0.5) is 10.2 Å². The summed E-state index contributed by atoms with van der Waals surface area (Å²) in [4.78, 5) is 23.7. The number of fused-ring (bicyclic) bond motifs is 1. The van der Waals surface area contributed by atoms with E-state index in [2.05, 4.69) is 30.8 Å². The molecule has 1 fully saturated rings. The first kappa shape index (κ1) is 17.1. The maximum absolute atomic E-state index is 13.1. The summed E-state index contributed by atoms with van der Waals surface area (Å²) < 4.78 is 14.0. The predicted molar refractivity (Wildman–Crippen MR) is 103 cm³/mol. The van der Waals surface area contributed by atoms with Gasteiger partial charge in [-0.05, 0) is 55.3 Å². The van der Waals surface area contributed by atoms with Gasteiger partial charge in [0.25, 0.3) is 0 Å². The molecule has 0 N–H and O–H groups in total. The van der Waals surface area contributed by atoms with Gasteiger partial charge in [-0.15, -0.1) is 0 Å². The van der Waals surface area contributed by atoms with Crippen LogP contribution < -0.4 is 4.90 Å². The summed E-state index contributed by atoms with van der Waals surface area (Å²) in [7, 11) is 0. The lowest BCUT2D eigenvalue weighted by Gasteiger charge is -2.32. The Morgan fingerprint density at radius 2 is 1.81 bits per heavy atom. The molecule has 3 aromatic rings. The second kappa shape index (κ2) is 7.11. The summed E-state index contributed by atoms with van der Waals surface area (Å²) >= 11 is 3.50. The van der Waals surface area contributed by atoms with E-state index >= 15 is 0 Å². The number of piperidine rings is 1. The van der Waals surface area contributed by atoms with E-state index in [9.17, 15) is 9.18 Å². The van der Waals surface area contributed by atoms with Crippen molar-refractivity contribution in [3.63, 3.8) is 0 Å². The number of carbonyl (C=O) groups is 1. The maximum atomic E-state index is 13.1. The van der Waals surface area contributed by atoms with E-state index in [0.717, 1.165) is 47.1 Å². The molecule has 1 aliphatic heterocycles. The van der Waals surface area contributed by atoms with Crippen LogP contribution in [-0.4, -0.2) is 28.8 Å². The number of halogens is 2. The molecule has 4 nitrogen and oxygen atoms in total. The fourth-order valence-corrected chi connectivity index (χ4v) is 3.83. The highest BCUT2D eigenvalue weighted by atomic mass is 79.9. The van der Waals surface area contributed by atoms with Crippen LogP contribution >= 0.6 is 15.9 Å². The SMILES string of the molecule is O=C(c1ccc(F)cc1)C1CCN(c2ncnc3ccc(Br)cc23)CC1. The molecule has 26 heavy (non-hydrogen) atoms. The number of carbonyl (C=O) groups excluding carboxylic acids is 1. The average Bonchev–Trinajstić information content (AvgIpc) is 2.68. The zero-order chi connectivity index (χ0) is 18.1. The Labute approximate surface area is 159 Å². The first-order chi connectivity index (χ1) is 12.6. The van der Waals surface area contributed by atoms with Gasteiger partial charge in [0, 0.05) is 34.4 Å². The van der Waals surface area contributed by atoms with Gasteiger partial charge in [0.2, 0.25) is 0 Å². The molecular formula is C20H17BrFN3O. The molecule has 1 saturated heterocycles. The van der Waals surface area contributed by atoms with Gasteiger partial charge in [0.15, 0.2) is 5.78 Å². The first-order valence-electron chi connectivity index (χ1n) is 8.57. The summed E-state index contributed by atoms with van der Waals surface area (Å²) in [5.41, 5.74) is 1.49. The van der Waals surface area contributed by atoms with Gasteiger partial charge in [-0.1, -0.05) is 15.9 Å². The Bertz CT molecular complexity index is 953. The number of hydrogen-bond acceptors (Lipinski definition) is 4. The van der Waals surface area contributed by atoms with E-state index in [1.165, 1.54) is 12.1 Å². The molecule has 0 bridgehead atoms. The number of ketones is 1. The summed E-state index contributed by atoms with van der Waals surface area (Å²) in [5, 5.41) is 1.00. The molecule has 0 radical (unpaired) electrons. The minimum atomic E-state index is -0.321. The minimum Gasteiger partial charge on any atom is -0.356 e. The topological polar surface area (TPSA) is 46.1 Å². The Balaban J connectivity index is 1.51. The Hall–Kier alpha value is -2.34. The zero-order valence-electron chi connectivity index (χ0n) is 14.0. The van der Waals surface area contributed by atoms with E-state index in [0.29, 0.717) is 5.56 Å². The minimum absolute atomic E-state index is 0.0310. The van der Waals surface area contributed by atoms with Gasteiger partial charge in [0.1, 0.15) is 18.0 Å². The highest BCUT2D eigenvalue weighted by Crippen LogP contribution is 2.30. The standard InChI is InChI=1S/C20H17BrFN3O/c21-15-3-6-18-17(11-15)20(24-12-23-18)25-9-7-14(8-10-25)19(26)13-1-4-16(22)5-2-13/h1-6,11-12,14H,7-10H2. The fraction of sp³-hybridized carbons (Fsp3) is 0.250. The van der Waals surface area contributed by atoms with E-state index in [1.807, 2.05) is 18.2 Å². The van der Waals surface area contributed by atoms with Crippen molar-refractivity contribution in [2.45, 2.75) is 12.8 Å². The zero-order valence-corrected chi connectivity index (χ0v) is 15.6. The molecule has 0 unspecified atom stereocenters. The molecule has 0 aliphatic carbocycles. The lowest BCUT2D eigenvalue weighted by molar-refractivity contribution is 0.0900. The van der Waals surface area contributed by atoms with Crippen LogP contribution in [0.1, 0.15) is 23.2 Å². The lowest BCUT2D eigenvalue weighted by atomic mass is 9.89. The third-order valence-electron chi connectivity index (χ3n) is 4.87. The van der Waals surface area contributed by atoms with Crippen molar-refractivity contribution in [1.29, 1.82) is 0 Å². The molecule has 0 amide bonds. The van der Waals surface area contributed by atoms with E-state index in [-0.39, 0.29) is 17.5 Å². The molecular weight excluding hydrogens is 397 g/mol. The second-order valence-electron chi connectivity index (χ2n) is 6.49. The van der Waals surface area contributed by atoms with Gasteiger partial charge >= 0.3 is 0 Å². The van der Waals surface area contributed by atoms with Crippen molar-refractivity contribution < 1.29 is 9.18 Å². The summed E-state index contributed by atoms with van der Waals surface area (Å²) in [6.07, 6.45) is 3.10. The number of anilines is 1. The quantitative estimate of drug-likeness (QED) is 0.587. The molecule has 2 aromatic carbocycles. The highest BCUT2D eigenvalue weighted by Gasteiger charge is 2.27. The van der Waals surface area contributed by atoms with Crippen LogP contribution in [0.15, 0.2) is 53.3 Å². The van der Waals surface area contributed by atoms with Crippen LogP contribution in [0.5, 0.6) is 0 Å². The number of benzene rings is 2. The van der Waals surface area contributed by atoms with Crippen LogP contribution in [0.25, 0.3) is 10.9 Å². The predicted octanol–water partition coefficient (Wildman–Crippen LogP) is 4.63. The Kier molecular flexibility index (Phi) is 4.68. The van der Waals surface area contributed by atoms with Crippen LogP contribution in [0, 0.1) is 11.7 Å². The lowest BCUT2D eigenvalue weighted by Crippen LogP contribution is -2.37. The molecule has 1 aliphatic rings. The first-order valence-corrected chi connectivity index (χ1v) is 9.36. The normalized spacial score (nSPS) is 15.4. The summed E-state index contributed by atoms with van der Waals surface area (Å²) in [6.45, 7) is 1.52. The second-order valence-corrected chi connectivity index (χ2v) is 7.41. The fourth-order valence-electron chi connectivity index (χ4n) is 3.47. The van der Waals surface area contributed by atoms with Gasteiger partial charge in [-0.3, -0.25) is 4.79 Å². The van der Waals surface area contributed by atoms with Crippen molar-refractivity contribution in [3.05, 3.63) is 64.6 Å². The molecule has 0 spiro atoms. The molecule has 6 heteroatoms. The van der Waals surface area contributed by atoms with E-state index in [4.69, 9.17) is 0 Å². The number of hydrogen-bond donors (Lipinski definition) is 0. The van der Waals surface area contributed by atoms with Gasteiger partial charge < -0.3 is 4.90 Å². The average molecular weight is 414 g/mol. The molecule has 4 rings (SSSR count). The smallest absolute Gasteiger partial charge is 0.166 e. The van der Waals surface area contributed by atoms with Crippen molar-refractivity contribution >= 4 is 38.4 Å². The van der Waals surface area contributed by atoms with Crippen LogP contribution in [-0.2, 0) is 0 Å². The molecule has 2 heterocycles. The number of aromatic nitrogens is 2.